The summed E-state index contributed by atoms with van der Waals surface area (Å²) in [6, 6.07) is 0. The predicted octanol–water partition coefficient (Wildman–Crippen LogP) is 0.571. The third-order valence-corrected chi connectivity index (χ3v) is 0.916. The van der Waals surface area contributed by atoms with Crippen LogP contribution >= 0.6 is 11.8 Å². The zero-order chi connectivity index (χ0) is 4.99. The van der Waals surface area contributed by atoms with Gasteiger partial charge in [0.25, 0.3) is 0 Å². The Morgan fingerprint density at radius 2 is 2.50 bits per heavy atom. The highest BCUT2D eigenvalue weighted by atomic mass is 32.2. The zero-order valence-electron chi connectivity index (χ0n) is 3.73. The van der Waals surface area contributed by atoms with Gasteiger partial charge in [-0.25, -0.2) is 0 Å². The molecular formula is C4H7OS-. The molecule has 0 aromatic heterocycles. The lowest BCUT2D eigenvalue weighted by atomic mass is 11.0. The monoisotopic (exact) mass is 103 g/mol. The van der Waals surface area contributed by atoms with Crippen molar-refractivity contribution in [3.63, 3.8) is 0 Å². The third kappa shape index (κ3) is 3.89. The Morgan fingerprint density at radius 1 is 2.00 bits per heavy atom. The Kier molecular flexibility index (Phi) is 3.04. The molecule has 0 rings (SSSR count). The van der Waals surface area contributed by atoms with E-state index >= 15 is 0 Å². The molecule has 0 aliphatic heterocycles. The highest BCUT2D eigenvalue weighted by molar-refractivity contribution is 8.02. The first-order valence-electron chi connectivity index (χ1n) is 1.76. The van der Waals surface area contributed by atoms with Crippen molar-refractivity contribution in [1.82, 2.24) is 0 Å². The van der Waals surface area contributed by atoms with Crippen LogP contribution in [0.15, 0.2) is 11.7 Å². The fraction of sp³-hybridized carbons (Fsp3) is 0.500. The van der Waals surface area contributed by atoms with E-state index in [2.05, 4.69) is 6.58 Å². The molecule has 36 valence electrons. The highest BCUT2D eigenvalue weighted by Crippen LogP contribution is 2.02. The van der Waals surface area contributed by atoms with E-state index in [1.54, 1.807) is 0 Å². The topological polar surface area (TPSA) is 23.1 Å². The van der Waals surface area contributed by atoms with Gasteiger partial charge in [0.2, 0.25) is 0 Å². The van der Waals surface area contributed by atoms with Gasteiger partial charge in [0.1, 0.15) is 0 Å². The second kappa shape index (κ2) is 3.09. The lowest BCUT2D eigenvalue weighted by molar-refractivity contribution is -0.283. The Morgan fingerprint density at radius 3 is 2.50 bits per heavy atom. The second-order valence-corrected chi connectivity index (χ2v) is 2.13. The number of rotatable bonds is 2. The molecule has 0 bridgehead atoms. The van der Waals surface area contributed by atoms with Gasteiger partial charge in [0.05, 0.1) is 0 Å². The Balaban J connectivity index is 2.83. The van der Waals surface area contributed by atoms with E-state index in [4.69, 9.17) is 0 Å². The third-order valence-electron chi connectivity index (χ3n) is 0.305. The molecule has 1 nitrogen and oxygen atoms in total. The molecule has 0 fully saturated rings. The molecule has 0 aliphatic rings. The van der Waals surface area contributed by atoms with Gasteiger partial charge < -0.3 is 5.11 Å². The Bertz CT molecular complexity index is 51.5. The van der Waals surface area contributed by atoms with Crippen LogP contribution in [-0.4, -0.2) is 5.75 Å². The van der Waals surface area contributed by atoms with Gasteiger partial charge in [0.15, 0.2) is 0 Å². The first kappa shape index (κ1) is 5.89. The summed E-state index contributed by atoms with van der Waals surface area (Å²) in [6.45, 7) is 5.08. The molecule has 0 amide bonds. The Hall–Kier alpha value is -0.110. The molecule has 0 atom stereocenters. The lowest BCUT2D eigenvalue weighted by Crippen LogP contribution is -1.95. The predicted molar refractivity (Wildman–Crippen MR) is 27.3 cm³/mol. The summed E-state index contributed by atoms with van der Waals surface area (Å²) in [5, 5.41) is 9.85. The average molecular weight is 103 g/mol. The van der Waals surface area contributed by atoms with E-state index in [0.717, 1.165) is 5.75 Å². The van der Waals surface area contributed by atoms with Gasteiger partial charge in [-0.05, 0) is 5.75 Å². The molecule has 0 radical (unpaired) electrons. The maximum Gasteiger partial charge on any atom is -0.00607 e. The quantitative estimate of drug-likeness (QED) is 0.477. The molecule has 0 heterocycles. The average Bonchev–Trinajstić information content (AvgIpc) is 1.35. The van der Waals surface area contributed by atoms with Crippen molar-refractivity contribution < 1.29 is 5.11 Å². The van der Waals surface area contributed by atoms with Gasteiger partial charge >= 0.3 is 0 Å². The molecule has 0 saturated carbocycles. The minimum absolute atomic E-state index is 0.0440. The smallest absolute Gasteiger partial charge is 0.00607 e. The first-order valence-corrected chi connectivity index (χ1v) is 2.74. The van der Waals surface area contributed by atoms with Crippen molar-refractivity contribution in [1.29, 1.82) is 0 Å². The van der Waals surface area contributed by atoms with Gasteiger partial charge in [-0.1, -0.05) is 12.0 Å². The van der Waals surface area contributed by atoms with Crippen molar-refractivity contribution in [3.05, 3.63) is 11.7 Å². The van der Waals surface area contributed by atoms with Crippen LogP contribution in [0.5, 0.6) is 0 Å². The SMILES string of the molecule is C=C([O-])SCC. The molecule has 6 heavy (non-hydrogen) atoms. The molecule has 0 saturated heterocycles. The summed E-state index contributed by atoms with van der Waals surface area (Å²) < 4.78 is 0. The summed E-state index contributed by atoms with van der Waals surface area (Å²) in [7, 11) is 0. The zero-order valence-corrected chi connectivity index (χ0v) is 4.55. The summed E-state index contributed by atoms with van der Waals surface area (Å²) >= 11 is 1.24. The van der Waals surface area contributed by atoms with Crippen LogP contribution in [0, 0.1) is 0 Å². The molecule has 0 unspecified atom stereocenters. The van der Waals surface area contributed by atoms with E-state index in [0.29, 0.717) is 0 Å². The summed E-state index contributed by atoms with van der Waals surface area (Å²) in [6.07, 6.45) is 0. The van der Waals surface area contributed by atoms with Gasteiger partial charge in [0, 0.05) is 0 Å². The second-order valence-electron chi connectivity index (χ2n) is 0.805. The first-order chi connectivity index (χ1) is 2.77. The number of hydrogen-bond acceptors (Lipinski definition) is 2. The van der Waals surface area contributed by atoms with E-state index in [1.165, 1.54) is 11.8 Å². The van der Waals surface area contributed by atoms with Gasteiger partial charge in [-0.3, -0.25) is 0 Å². The number of hydrogen-bond donors (Lipinski definition) is 0. The van der Waals surface area contributed by atoms with E-state index in [9.17, 15) is 5.11 Å². The van der Waals surface area contributed by atoms with Crippen molar-refractivity contribution >= 4 is 11.8 Å². The van der Waals surface area contributed by atoms with E-state index in [-0.39, 0.29) is 5.09 Å². The van der Waals surface area contributed by atoms with E-state index < -0.39 is 0 Å². The maximum atomic E-state index is 9.90. The molecule has 0 N–H and O–H groups in total. The Labute approximate surface area is 42.1 Å². The van der Waals surface area contributed by atoms with Gasteiger partial charge in [-0.2, -0.15) is 0 Å². The summed E-state index contributed by atoms with van der Waals surface area (Å²) in [5.74, 6) is 0.836. The minimum atomic E-state index is -0.0440. The van der Waals surface area contributed by atoms with Crippen LogP contribution < -0.4 is 5.11 Å². The largest absolute Gasteiger partial charge is 0.868 e. The van der Waals surface area contributed by atoms with Crippen LogP contribution in [0.25, 0.3) is 0 Å². The van der Waals surface area contributed by atoms with Crippen molar-refractivity contribution in [2.24, 2.45) is 0 Å². The van der Waals surface area contributed by atoms with E-state index in [1.807, 2.05) is 6.92 Å². The standard InChI is InChI=1S/C4H8OS/c1-3-6-4(2)5/h5H,2-3H2,1H3/p-1. The van der Waals surface area contributed by atoms with Crippen LogP contribution in [0.1, 0.15) is 6.92 Å². The fourth-order valence-corrected chi connectivity index (χ4v) is 0.483. The number of thioether (sulfide) groups is 1. The lowest BCUT2D eigenvalue weighted by Gasteiger charge is -2.02. The molecule has 0 aliphatic carbocycles. The molecule has 2 heteroatoms. The maximum absolute atomic E-state index is 9.90. The fourth-order valence-electron chi connectivity index (χ4n) is 0.161. The highest BCUT2D eigenvalue weighted by Gasteiger charge is 1.68. The molecule has 0 spiro atoms. The van der Waals surface area contributed by atoms with Crippen LogP contribution in [0.3, 0.4) is 0 Å². The van der Waals surface area contributed by atoms with Crippen molar-refractivity contribution in [2.45, 2.75) is 6.92 Å². The molecule has 0 aromatic rings. The van der Waals surface area contributed by atoms with Crippen molar-refractivity contribution in [2.75, 3.05) is 5.75 Å². The van der Waals surface area contributed by atoms with Gasteiger partial charge in [-0.15, -0.1) is 18.3 Å². The molecule has 0 aromatic carbocycles. The normalized spacial score (nSPS) is 8.17. The van der Waals surface area contributed by atoms with Crippen molar-refractivity contribution in [3.8, 4) is 0 Å². The van der Waals surface area contributed by atoms with Crippen LogP contribution in [-0.2, 0) is 0 Å². The minimum Gasteiger partial charge on any atom is -0.868 e. The summed E-state index contributed by atoms with van der Waals surface area (Å²) in [4.78, 5) is 0. The van der Waals surface area contributed by atoms with Crippen LogP contribution in [0.2, 0.25) is 0 Å². The summed E-state index contributed by atoms with van der Waals surface area (Å²) in [5.41, 5.74) is 0. The van der Waals surface area contributed by atoms with Crippen LogP contribution in [0.4, 0.5) is 0 Å². The molecular weight excluding hydrogens is 96.1 g/mol.